The topological polar surface area (TPSA) is 72.8 Å². The standard InChI is InChI=1S/C17H15F2N5O/c1-11-6-21-14(7-20-11)8-22-16-15(19)9-23-17(24-16)25-10-12-2-4-13(18)5-3-12/h2-7,9H,8,10H2,1H3,(H,22,23,24). The van der Waals surface area contributed by atoms with Gasteiger partial charge in [0.1, 0.15) is 12.4 Å². The molecule has 3 rings (SSSR count). The average molecular weight is 343 g/mol. The molecular weight excluding hydrogens is 328 g/mol. The molecule has 1 aromatic carbocycles. The van der Waals surface area contributed by atoms with E-state index in [1.807, 2.05) is 6.92 Å². The van der Waals surface area contributed by atoms with Crippen LogP contribution in [-0.2, 0) is 13.2 Å². The van der Waals surface area contributed by atoms with E-state index in [-0.39, 0.29) is 30.8 Å². The Kier molecular flexibility index (Phi) is 5.08. The van der Waals surface area contributed by atoms with Crippen molar-refractivity contribution in [2.75, 3.05) is 5.32 Å². The van der Waals surface area contributed by atoms with Gasteiger partial charge in [0.2, 0.25) is 0 Å². The van der Waals surface area contributed by atoms with Gasteiger partial charge in [0.25, 0.3) is 0 Å². The molecule has 0 fully saturated rings. The van der Waals surface area contributed by atoms with Gasteiger partial charge in [-0.15, -0.1) is 0 Å². The Labute approximate surface area is 143 Å². The molecule has 1 N–H and O–H groups in total. The summed E-state index contributed by atoms with van der Waals surface area (Å²) in [5.74, 6) is -0.923. The molecule has 25 heavy (non-hydrogen) atoms. The van der Waals surface area contributed by atoms with Crippen molar-refractivity contribution in [1.82, 2.24) is 19.9 Å². The molecule has 0 spiro atoms. The first kappa shape index (κ1) is 16.7. The van der Waals surface area contributed by atoms with E-state index in [1.54, 1.807) is 24.5 Å². The van der Waals surface area contributed by atoms with Crippen LogP contribution >= 0.6 is 0 Å². The molecule has 0 atom stereocenters. The van der Waals surface area contributed by atoms with E-state index in [4.69, 9.17) is 4.74 Å². The Morgan fingerprint density at radius 1 is 1.00 bits per heavy atom. The molecule has 8 heteroatoms. The van der Waals surface area contributed by atoms with E-state index in [2.05, 4.69) is 25.3 Å². The molecule has 2 heterocycles. The van der Waals surface area contributed by atoms with Crippen LogP contribution in [0.1, 0.15) is 17.0 Å². The molecule has 0 bridgehead atoms. The van der Waals surface area contributed by atoms with Crippen LogP contribution in [0.4, 0.5) is 14.6 Å². The molecule has 0 aliphatic carbocycles. The average Bonchev–Trinajstić information content (AvgIpc) is 2.62. The van der Waals surface area contributed by atoms with Crippen LogP contribution in [0, 0.1) is 18.6 Å². The summed E-state index contributed by atoms with van der Waals surface area (Å²) in [6, 6.07) is 5.87. The SMILES string of the molecule is Cc1cnc(CNc2nc(OCc3ccc(F)cc3)ncc2F)cn1. The smallest absolute Gasteiger partial charge is 0.318 e. The summed E-state index contributed by atoms with van der Waals surface area (Å²) in [6.07, 6.45) is 4.26. The number of ether oxygens (including phenoxy) is 1. The lowest BCUT2D eigenvalue weighted by Gasteiger charge is -2.09. The van der Waals surface area contributed by atoms with Gasteiger partial charge in [-0.2, -0.15) is 4.98 Å². The molecular formula is C17H15F2N5O. The van der Waals surface area contributed by atoms with E-state index in [9.17, 15) is 8.78 Å². The molecule has 0 unspecified atom stereocenters. The minimum atomic E-state index is -0.603. The highest BCUT2D eigenvalue weighted by Gasteiger charge is 2.08. The highest BCUT2D eigenvalue weighted by molar-refractivity contribution is 5.36. The van der Waals surface area contributed by atoms with Crippen LogP contribution in [0.5, 0.6) is 6.01 Å². The van der Waals surface area contributed by atoms with E-state index < -0.39 is 5.82 Å². The summed E-state index contributed by atoms with van der Waals surface area (Å²) >= 11 is 0. The number of aryl methyl sites for hydroxylation is 1. The second kappa shape index (κ2) is 7.61. The lowest BCUT2D eigenvalue weighted by molar-refractivity contribution is 0.279. The Bertz CT molecular complexity index is 841. The molecule has 0 aliphatic heterocycles. The third-order valence-electron chi connectivity index (χ3n) is 3.27. The first-order chi connectivity index (χ1) is 12.1. The van der Waals surface area contributed by atoms with Crippen molar-refractivity contribution in [3.8, 4) is 6.01 Å². The zero-order valence-corrected chi connectivity index (χ0v) is 13.4. The van der Waals surface area contributed by atoms with Gasteiger partial charge in [0, 0.05) is 6.20 Å². The maximum absolute atomic E-state index is 13.8. The van der Waals surface area contributed by atoms with E-state index in [1.165, 1.54) is 12.1 Å². The first-order valence-electron chi connectivity index (χ1n) is 7.51. The van der Waals surface area contributed by atoms with Crippen LogP contribution in [0.25, 0.3) is 0 Å². The Morgan fingerprint density at radius 2 is 1.80 bits per heavy atom. The van der Waals surface area contributed by atoms with Gasteiger partial charge in [0.05, 0.1) is 30.3 Å². The number of rotatable bonds is 6. The van der Waals surface area contributed by atoms with E-state index in [0.717, 1.165) is 17.5 Å². The normalized spacial score (nSPS) is 10.5. The first-order valence-corrected chi connectivity index (χ1v) is 7.51. The largest absolute Gasteiger partial charge is 0.459 e. The molecule has 128 valence electrons. The summed E-state index contributed by atoms with van der Waals surface area (Å²) in [4.78, 5) is 16.1. The second-order valence-electron chi connectivity index (χ2n) is 5.27. The van der Waals surface area contributed by atoms with Crippen LogP contribution < -0.4 is 10.1 Å². The summed E-state index contributed by atoms with van der Waals surface area (Å²) < 4.78 is 32.1. The summed E-state index contributed by atoms with van der Waals surface area (Å²) in [5, 5.41) is 2.84. The van der Waals surface area contributed by atoms with Crippen molar-refractivity contribution in [3.05, 3.63) is 71.4 Å². The van der Waals surface area contributed by atoms with Gasteiger partial charge in [-0.05, 0) is 24.6 Å². The lowest BCUT2D eigenvalue weighted by atomic mass is 10.2. The number of nitrogens with zero attached hydrogens (tertiary/aromatic N) is 4. The predicted octanol–water partition coefficient (Wildman–Crippen LogP) is 3.04. The van der Waals surface area contributed by atoms with E-state index in [0.29, 0.717) is 5.69 Å². The molecule has 6 nitrogen and oxygen atoms in total. The zero-order chi connectivity index (χ0) is 17.6. The highest BCUT2D eigenvalue weighted by atomic mass is 19.1. The van der Waals surface area contributed by atoms with Gasteiger partial charge in [-0.3, -0.25) is 9.97 Å². The molecule has 0 amide bonds. The maximum Gasteiger partial charge on any atom is 0.318 e. The van der Waals surface area contributed by atoms with E-state index >= 15 is 0 Å². The fraction of sp³-hybridized carbons (Fsp3) is 0.176. The van der Waals surface area contributed by atoms with Crippen molar-refractivity contribution >= 4 is 5.82 Å². The van der Waals surface area contributed by atoms with Gasteiger partial charge < -0.3 is 10.1 Å². The van der Waals surface area contributed by atoms with Crippen molar-refractivity contribution in [3.63, 3.8) is 0 Å². The number of halogens is 2. The van der Waals surface area contributed by atoms with Gasteiger partial charge in [-0.1, -0.05) is 12.1 Å². The molecule has 3 aromatic rings. The minimum absolute atomic E-state index is 0.00600. The fourth-order valence-corrected chi connectivity index (χ4v) is 1.96. The highest BCUT2D eigenvalue weighted by Crippen LogP contribution is 2.15. The van der Waals surface area contributed by atoms with Crippen LogP contribution in [0.15, 0.2) is 42.9 Å². The number of anilines is 1. The third kappa shape index (κ3) is 4.66. The Balaban J connectivity index is 1.63. The maximum atomic E-state index is 13.8. The van der Waals surface area contributed by atoms with Crippen LogP contribution in [0.3, 0.4) is 0 Å². The Hall–Kier alpha value is -3.16. The number of nitrogens with one attached hydrogen (secondary N) is 1. The third-order valence-corrected chi connectivity index (χ3v) is 3.27. The van der Waals surface area contributed by atoms with Gasteiger partial charge in [0.15, 0.2) is 11.6 Å². The monoisotopic (exact) mass is 343 g/mol. The van der Waals surface area contributed by atoms with Crippen molar-refractivity contribution < 1.29 is 13.5 Å². The summed E-state index contributed by atoms with van der Waals surface area (Å²) in [5.41, 5.74) is 2.20. The van der Waals surface area contributed by atoms with Crippen molar-refractivity contribution in [2.45, 2.75) is 20.1 Å². The predicted molar refractivity (Wildman–Crippen MR) is 86.8 cm³/mol. The minimum Gasteiger partial charge on any atom is -0.459 e. The molecule has 0 saturated carbocycles. The number of benzene rings is 1. The van der Waals surface area contributed by atoms with Crippen LogP contribution in [-0.4, -0.2) is 19.9 Å². The fourth-order valence-electron chi connectivity index (χ4n) is 1.96. The second-order valence-corrected chi connectivity index (χ2v) is 5.27. The zero-order valence-electron chi connectivity index (χ0n) is 13.4. The summed E-state index contributed by atoms with van der Waals surface area (Å²) in [7, 11) is 0. The molecule has 0 aliphatic rings. The van der Waals surface area contributed by atoms with Gasteiger partial charge >= 0.3 is 6.01 Å². The quantitative estimate of drug-likeness (QED) is 0.742. The Morgan fingerprint density at radius 3 is 2.52 bits per heavy atom. The molecule has 2 aromatic heterocycles. The van der Waals surface area contributed by atoms with Crippen molar-refractivity contribution in [1.29, 1.82) is 0 Å². The number of hydrogen-bond donors (Lipinski definition) is 1. The lowest BCUT2D eigenvalue weighted by Crippen LogP contribution is -2.08. The molecule has 0 radical (unpaired) electrons. The van der Waals surface area contributed by atoms with Gasteiger partial charge in [-0.25, -0.2) is 13.8 Å². The number of hydrogen-bond acceptors (Lipinski definition) is 6. The number of aromatic nitrogens is 4. The van der Waals surface area contributed by atoms with Crippen LogP contribution in [0.2, 0.25) is 0 Å². The van der Waals surface area contributed by atoms with Crippen molar-refractivity contribution in [2.24, 2.45) is 0 Å². The summed E-state index contributed by atoms with van der Waals surface area (Å²) in [6.45, 7) is 2.24. The molecule has 0 saturated heterocycles.